The Hall–Kier alpha value is -1.57. The standard InChI is InChI=1S/C17H24N4O2S/c1-18-10-16-19-20-17(24-12-13-5-4-8-23-11-13)21(16)14-6-3-7-15(9-14)22-2/h3,6-7,9,13,18H,4-5,8,10-12H2,1-2H3. The van der Waals surface area contributed by atoms with E-state index in [0.29, 0.717) is 12.5 Å². The van der Waals surface area contributed by atoms with Crippen molar-refractivity contribution in [3.63, 3.8) is 0 Å². The molecule has 1 N–H and O–H groups in total. The lowest BCUT2D eigenvalue weighted by molar-refractivity contribution is 0.0632. The van der Waals surface area contributed by atoms with E-state index in [4.69, 9.17) is 9.47 Å². The monoisotopic (exact) mass is 348 g/mol. The van der Waals surface area contributed by atoms with Crippen LogP contribution in [0.2, 0.25) is 0 Å². The first-order valence-corrected chi connectivity index (χ1v) is 9.24. The van der Waals surface area contributed by atoms with Crippen LogP contribution in [0.5, 0.6) is 5.75 Å². The van der Waals surface area contributed by atoms with E-state index < -0.39 is 0 Å². The van der Waals surface area contributed by atoms with Gasteiger partial charge in [-0.25, -0.2) is 0 Å². The minimum atomic E-state index is 0.590. The first-order chi connectivity index (χ1) is 11.8. The number of benzene rings is 1. The van der Waals surface area contributed by atoms with Gasteiger partial charge in [0.05, 0.1) is 25.9 Å². The van der Waals surface area contributed by atoms with Gasteiger partial charge in [-0.2, -0.15) is 0 Å². The van der Waals surface area contributed by atoms with E-state index in [1.54, 1.807) is 18.9 Å². The van der Waals surface area contributed by atoms with Gasteiger partial charge >= 0.3 is 0 Å². The third-order valence-electron chi connectivity index (χ3n) is 4.05. The highest BCUT2D eigenvalue weighted by atomic mass is 32.2. The van der Waals surface area contributed by atoms with Gasteiger partial charge in [-0.05, 0) is 37.9 Å². The zero-order chi connectivity index (χ0) is 16.8. The van der Waals surface area contributed by atoms with E-state index in [9.17, 15) is 0 Å². The summed E-state index contributed by atoms with van der Waals surface area (Å²) in [6.45, 7) is 2.41. The van der Waals surface area contributed by atoms with Crippen LogP contribution in [0.4, 0.5) is 0 Å². The highest BCUT2D eigenvalue weighted by Crippen LogP contribution is 2.28. The lowest BCUT2D eigenvalue weighted by atomic mass is 10.1. The number of aromatic nitrogens is 3. The number of ether oxygens (including phenoxy) is 2. The number of methoxy groups -OCH3 is 1. The topological polar surface area (TPSA) is 61.2 Å². The van der Waals surface area contributed by atoms with Crippen LogP contribution in [0.3, 0.4) is 0 Å². The zero-order valence-electron chi connectivity index (χ0n) is 14.2. The normalized spacial score (nSPS) is 17.8. The molecule has 6 nitrogen and oxygen atoms in total. The quantitative estimate of drug-likeness (QED) is 0.776. The Labute approximate surface area is 146 Å². The summed E-state index contributed by atoms with van der Waals surface area (Å²) in [5.74, 6) is 3.31. The van der Waals surface area contributed by atoms with Gasteiger partial charge in [0.25, 0.3) is 0 Å². The van der Waals surface area contributed by atoms with Crippen LogP contribution in [-0.4, -0.2) is 47.9 Å². The SMILES string of the molecule is CNCc1nnc(SCC2CCCOC2)n1-c1cccc(OC)c1. The maximum Gasteiger partial charge on any atom is 0.195 e. The Balaban J connectivity index is 1.83. The van der Waals surface area contributed by atoms with E-state index in [0.717, 1.165) is 47.8 Å². The maximum absolute atomic E-state index is 5.58. The van der Waals surface area contributed by atoms with E-state index >= 15 is 0 Å². The van der Waals surface area contributed by atoms with Crippen molar-refractivity contribution in [2.24, 2.45) is 5.92 Å². The van der Waals surface area contributed by atoms with Gasteiger partial charge in [-0.15, -0.1) is 10.2 Å². The summed E-state index contributed by atoms with van der Waals surface area (Å²) in [5, 5.41) is 12.8. The van der Waals surface area contributed by atoms with Gasteiger partial charge < -0.3 is 14.8 Å². The Morgan fingerprint density at radius 1 is 1.42 bits per heavy atom. The fraction of sp³-hybridized carbons (Fsp3) is 0.529. The summed E-state index contributed by atoms with van der Waals surface area (Å²) >= 11 is 1.75. The van der Waals surface area contributed by atoms with Crippen LogP contribution in [0.15, 0.2) is 29.4 Å². The second-order valence-corrected chi connectivity index (χ2v) is 6.85. The van der Waals surface area contributed by atoms with Crippen LogP contribution >= 0.6 is 11.8 Å². The molecular weight excluding hydrogens is 324 g/mol. The second-order valence-electron chi connectivity index (χ2n) is 5.86. The molecule has 2 aromatic rings. The molecule has 3 rings (SSSR count). The Bertz CT molecular complexity index is 656. The van der Waals surface area contributed by atoms with Crippen LogP contribution in [-0.2, 0) is 11.3 Å². The maximum atomic E-state index is 5.58. The minimum absolute atomic E-state index is 0.590. The summed E-state index contributed by atoms with van der Waals surface area (Å²) in [5.41, 5.74) is 1.02. The van der Waals surface area contributed by atoms with Gasteiger partial charge in [0.15, 0.2) is 11.0 Å². The average molecular weight is 348 g/mol. The van der Waals surface area contributed by atoms with E-state index in [1.165, 1.54) is 6.42 Å². The van der Waals surface area contributed by atoms with Crippen molar-refractivity contribution in [2.75, 3.05) is 33.1 Å². The second kappa shape index (κ2) is 8.50. The molecule has 7 heteroatoms. The van der Waals surface area contributed by atoms with Crippen LogP contribution in [0, 0.1) is 5.92 Å². The first-order valence-electron chi connectivity index (χ1n) is 8.25. The van der Waals surface area contributed by atoms with Crippen molar-refractivity contribution in [2.45, 2.75) is 24.5 Å². The predicted octanol–water partition coefficient (Wildman–Crippen LogP) is 2.51. The van der Waals surface area contributed by atoms with Crippen molar-refractivity contribution in [3.05, 3.63) is 30.1 Å². The number of hydrogen-bond acceptors (Lipinski definition) is 6. The van der Waals surface area contributed by atoms with Crippen molar-refractivity contribution in [1.29, 1.82) is 0 Å². The first kappa shape index (κ1) is 17.3. The van der Waals surface area contributed by atoms with Gasteiger partial charge in [-0.3, -0.25) is 4.57 Å². The highest BCUT2D eigenvalue weighted by molar-refractivity contribution is 7.99. The summed E-state index contributed by atoms with van der Waals surface area (Å²) < 4.78 is 13.0. The molecule has 0 aliphatic carbocycles. The molecular formula is C17H24N4O2S. The van der Waals surface area contributed by atoms with Crippen molar-refractivity contribution in [3.8, 4) is 11.4 Å². The third-order valence-corrected chi connectivity index (χ3v) is 5.21. The molecule has 1 aliphatic rings. The molecule has 130 valence electrons. The molecule has 1 aromatic heterocycles. The largest absolute Gasteiger partial charge is 0.497 e. The Kier molecular flexibility index (Phi) is 6.12. The van der Waals surface area contributed by atoms with E-state index in [1.807, 2.05) is 25.2 Å². The third kappa shape index (κ3) is 4.09. The minimum Gasteiger partial charge on any atom is -0.497 e. The van der Waals surface area contributed by atoms with Crippen LogP contribution < -0.4 is 10.1 Å². The van der Waals surface area contributed by atoms with Gasteiger partial charge in [-0.1, -0.05) is 17.8 Å². The number of rotatable bonds is 7. The lowest BCUT2D eigenvalue weighted by Gasteiger charge is -2.21. The molecule has 0 radical (unpaired) electrons. The average Bonchev–Trinajstić information content (AvgIpc) is 3.04. The number of hydrogen-bond donors (Lipinski definition) is 1. The molecule has 1 aliphatic heterocycles. The van der Waals surface area contributed by atoms with E-state index in [-0.39, 0.29) is 0 Å². The Morgan fingerprint density at radius 2 is 2.33 bits per heavy atom. The molecule has 1 atom stereocenters. The molecule has 2 heterocycles. The number of nitrogens with zero attached hydrogens (tertiary/aromatic N) is 3. The summed E-state index contributed by atoms with van der Waals surface area (Å²) in [6, 6.07) is 7.99. The smallest absolute Gasteiger partial charge is 0.195 e. The molecule has 1 fully saturated rings. The van der Waals surface area contributed by atoms with Crippen molar-refractivity contribution in [1.82, 2.24) is 20.1 Å². The molecule has 0 amide bonds. The summed E-state index contributed by atoms with van der Waals surface area (Å²) in [4.78, 5) is 0. The van der Waals surface area contributed by atoms with Crippen LogP contribution in [0.1, 0.15) is 18.7 Å². The zero-order valence-corrected chi connectivity index (χ0v) is 15.0. The fourth-order valence-electron chi connectivity index (χ4n) is 2.81. The molecule has 24 heavy (non-hydrogen) atoms. The molecule has 0 saturated carbocycles. The molecule has 0 spiro atoms. The number of nitrogens with one attached hydrogen (secondary N) is 1. The van der Waals surface area contributed by atoms with Gasteiger partial charge in [0.1, 0.15) is 5.75 Å². The van der Waals surface area contributed by atoms with Crippen molar-refractivity contribution < 1.29 is 9.47 Å². The van der Waals surface area contributed by atoms with Gasteiger partial charge in [0.2, 0.25) is 0 Å². The predicted molar refractivity (Wildman–Crippen MR) is 94.9 cm³/mol. The summed E-state index contributed by atoms with van der Waals surface area (Å²) in [7, 11) is 3.59. The van der Waals surface area contributed by atoms with Crippen LogP contribution in [0.25, 0.3) is 5.69 Å². The van der Waals surface area contributed by atoms with Gasteiger partial charge in [0, 0.05) is 18.4 Å². The molecule has 1 aromatic carbocycles. The fourth-order valence-corrected chi connectivity index (χ4v) is 3.89. The highest BCUT2D eigenvalue weighted by Gasteiger charge is 2.18. The number of thioether (sulfide) groups is 1. The Morgan fingerprint density at radius 3 is 3.08 bits per heavy atom. The van der Waals surface area contributed by atoms with E-state index in [2.05, 4.69) is 26.1 Å². The molecule has 1 saturated heterocycles. The molecule has 1 unspecified atom stereocenters. The lowest BCUT2D eigenvalue weighted by Crippen LogP contribution is -2.19. The summed E-state index contributed by atoms with van der Waals surface area (Å²) in [6.07, 6.45) is 2.38. The van der Waals surface area contributed by atoms with Crippen molar-refractivity contribution >= 4 is 11.8 Å². The molecule has 0 bridgehead atoms.